The fourth-order valence-corrected chi connectivity index (χ4v) is 1.20. The number of nitrogens with zero attached hydrogens (tertiary/aromatic N) is 3. The minimum atomic E-state index is -0.924. The van der Waals surface area contributed by atoms with Gasteiger partial charge in [0.25, 0.3) is 0 Å². The van der Waals surface area contributed by atoms with Crippen LogP contribution in [-0.2, 0) is 16.1 Å². The third-order valence-corrected chi connectivity index (χ3v) is 2.03. The smallest absolute Gasteiger partial charge is 0.307 e. The highest BCUT2D eigenvalue weighted by Gasteiger charge is 2.10. The fourth-order valence-electron chi connectivity index (χ4n) is 1.20. The van der Waals surface area contributed by atoms with E-state index in [4.69, 9.17) is 5.11 Å². The number of rotatable bonds is 7. The number of aliphatic carboxylic acids is 1. The molecule has 0 aliphatic rings. The van der Waals surface area contributed by atoms with E-state index in [-0.39, 0.29) is 31.1 Å². The maximum Gasteiger partial charge on any atom is 0.307 e. The van der Waals surface area contributed by atoms with Crippen molar-refractivity contribution in [3.63, 3.8) is 0 Å². The maximum atomic E-state index is 11.3. The standard InChI is InChI=1S/C9H12N4O5/c14-8(10-3-1-2-9(15)16)6-12-5-7(4-11-12)13(17)18/h4-5H,1-3,6H2,(H,10,14)(H,15,16). The van der Waals surface area contributed by atoms with E-state index < -0.39 is 10.9 Å². The van der Waals surface area contributed by atoms with Gasteiger partial charge in [-0.05, 0) is 6.42 Å². The predicted molar refractivity (Wildman–Crippen MR) is 58.8 cm³/mol. The Morgan fingerprint density at radius 3 is 2.83 bits per heavy atom. The van der Waals surface area contributed by atoms with Crippen LogP contribution in [0.3, 0.4) is 0 Å². The molecule has 1 rings (SSSR count). The average molecular weight is 256 g/mol. The number of carboxylic acids is 1. The minimum absolute atomic E-state index is 0.0203. The van der Waals surface area contributed by atoms with Gasteiger partial charge in [-0.3, -0.25) is 24.4 Å². The number of aromatic nitrogens is 2. The molecule has 0 spiro atoms. The van der Waals surface area contributed by atoms with E-state index >= 15 is 0 Å². The van der Waals surface area contributed by atoms with Gasteiger partial charge in [0.05, 0.1) is 4.92 Å². The van der Waals surface area contributed by atoms with Crippen molar-refractivity contribution in [1.29, 1.82) is 0 Å². The van der Waals surface area contributed by atoms with Crippen LogP contribution < -0.4 is 5.32 Å². The minimum Gasteiger partial charge on any atom is -0.481 e. The lowest BCUT2D eigenvalue weighted by molar-refractivity contribution is -0.385. The molecule has 0 atom stereocenters. The Bertz CT molecular complexity index is 456. The van der Waals surface area contributed by atoms with Gasteiger partial charge >= 0.3 is 11.7 Å². The number of carboxylic acid groups (broad SMARTS) is 1. The predicted octanol–water partition coefficient (Wildman–Crippen LogP) is -0.228. The van der Waals surface area contributed by atoms with E-state index in [1.54, 1.807) is 0 Å². The van der Waals surface area contributed by atoms with Gasteiger partial charge in [0.1, 0.15) is 18.9 Å². The Balaban J connectivity index is 2.31. The fraction of sp³-hybridized carbons (Fsp3) is 0.444. The lowest BCUT2D eigenvalue weighted by Crippen LogP contribution is -2.28. The van der Waals surface area contributed by atoms with Crippen LogP contribution in [0.2, 0.25) is 0 Å². The Morgan fingerprint density at radius 1 is 1.56 bits per heavy atom. The lowest BCUT2D eigenvalue weighted by Gasteiger charge is -2.03. The molecule has 0 aliphatic carbocycles. The molecule has 0 aliphatic heterocycles. The SMILES string of the molecule is O=C(O)CCCNC(=O)Cn1cc([N+](=O)[O-])cn1. The molecule has 1 heterocycles. The number of carbonyl (C=O) groups excluding carboxylic acids is 1. The molecule has 0 fully saturated rings. The zero-order valence-corrected chi connectivity index (χ0v) is 9.40. The molecule has 18 heavy (non-hydrogen) atoms. The Kier molecular flexibility index (Phi) is 4.78. The van der Waals surface area contributed by atoms with Crippen molar-refractivity contribution in [3.8, 4) is 0 Å². The van der Waals surface area contributed by atoms with E-state index in [0.29, 0.717) is 6.42 Å². The zero-order valence-electron chi connectivity index (χ0n) is 9.40. The molecule has 1 aromatic heterocycles. The Morgan fingerprint density at radius 2 is 2.28 bits per heavy atom. The molecule has 9 nitrogen and oxygen atoms in total. The van der Waals surface area contributed by atoms with Gasteiger partial charge in [-0.15, -0.1) is 0 Å². The quantitative estimate of drug-likeness (QED) is 0.394. The second-order valence-electron chi connectivity index (χ2n) is 3.50. The molecule has 0 saturated heterocycles. The highest BCUT2D eigenvalue weighted by molar-refractivity contribution is 5.75. The van der Waals surface area contributed by atoms with Gasteiger partial charge < -0.3 is 10.4 Å². The van der Waals surface area contributed by atoms with Crippen molar-refractivity contribution in [3.05, 3.63) is 22.5 Å². The first kappa shape index (κ1) is 13.6. The van der Waals surface area contributed by atoms with Crippen LogP contribution in [0.5, 0.6) is 0 Å². The number of amides is 1. The van der Waals surface area contributed by atoms with Crippen LogP contribution in [0.25, 0.3) is 0 Å². The van der Waals surface area contributed by atoms with E-state index in [1.807, 2.05) is 0 Å². The molecular formula is C9H12N4O5. The van der Waals surface area contributed by atoms with Gasteiger partial charge in [0.2, 0.25) is 5.91 Å². The second-order valence-corrected chi connectivity index (χ2v) is 3.50. The van der Waals surface area contributed by atoms with Crippen LogP contribution in [0.1, 0.15) is 12.8 Å². The van der Waals surface area contributed by atoms with Crippen molar-refractivity contribution in [2.75, 3.05) is 6.54 Å². The largest absolute Gasteiger partial charge is 0.481 e. The van der Waals surface area contributed by atoms with Crippen LogP contribution in [-0.4, -0.2) is 38.2 Å². The second kappa shape index (κ2) is 6.33. The van der Waals surface area contributed by atoms with Gasteiger partial charge in [-0.2, -0.15) is 5.10 Å². The van der Waals surface area contributed by atoms with Crippen LogP contribution in [0.15, 0.2) is 12.4 Å². The summed E-state index contributed by atoms with van der Waals surface area (Å²) in [5.41, 5.74) is -0.186. The topological polar surface area (TPSA) is 127 Å². The van der Waals surface area contributed by atoms with Crippen LogP contribution >= 0.6 is 0 Å². The molecule has 2 N–H and O–H groups in total. The Labute approximate surface area is 102 Å². The summed E-state index contributed by atoms with van der Waals surface area (Å²) >= 11 is 0. The summed E-state index contributed by atoms with van der Waals surface area (Å²) < 4.78 is 1.14. The molecule has 0 radical (unpaired) electrons. The number of hydrogen-bond donors (Lipinski definition) is 2. The van der Waals surface area contributed by atoms with E-state index in [9.17, 15) is 19.7 Å². The number of carbonyl (C=O) groups is 2. The maximum absolute atomic E-state index is 11.3. The van der Waals surface area contributed by atoms with Crippen molar-refractivity contribution < 1.29 is 19.6 Å². The average Bonchev–Trinajstić information content (AvgIpc) is 2.72. The Hall–Kier alpha value is -2.45. The number of hydrogen-bond acceptors (Lipinski definition) is 5. The molecule has 98 valence electrons. The summed E-state index contributed by atoms with van der Waals surface area (Å²) in [7, 11) is 0. The molecule has 0 unspecified atom stereocenters. The van der Waals surface area contributed by atoms with Gasteiger partial charge in [0, 0.05) is 13.0 Å². The summed E-state index contributed by atoms with van der Waals surface area (Å²) in [6.45, 7) is 0.107. The highest BCUT2D eigenvalue weighted by Crippen LogP contribution is 2.07. The van der Waals surface area contributed by atoms with Crippen molar-refractivity contribution >= 4 is 17.6 Å². The summed E-state index contributed by atoms with van der Waals surface area (Å²) in [5.74, 6) is -1.30. The van der Waals surface area contributed by atoms with Crippen molar-refractivity contribution in [1.82, 2.24) is 15.1 Å². The molecule has 9 heteroatoms. The molecule has 1 aromatic rings. The molecule has 0 bridgehead atoms. The normalized spacial score (nSPS) is 10.0. The monoisotopic (exact) mass is 256 g/mol. The van der Waals surface area contributed by atoms with Gasteiger partial charge in [-0.1, -0.05) is 0 Å². The third-order valence-electron chi connectivity index (χ3n) is 2.03. The zero-order chi connectivity index (χ0) is 13.5. The molecule has 0 saturated carbocycles. The summed E-state index contributed by atoms with van der Waals surface area (Å²) in [6.07, 6.45) is 2.52. The molecule has 1 amide bonds. The summed E-state index contributed by atoms with van der Waals surface area (Å²) in [6, 6.07) is 0. The third kappa shape index (κ3) is 4.60. The van der Waals surface area contributed by atoms with Gasteiger partial charge in [-0.25, -0.2) is 0 Å². The van der Waals surface area contributed by atoms with Crippen LogP contribution in [0.4, 0.5) is 5.69 Å². The molecule has 0 aromatic carbocycles. The van der Waals surface area contributed by atoms with E-state index in [2.05, 4.69) is 10.4 Å². The van der Waals surface area contributed by atoms with E-state index in [0.717, 1.165) is 17.1 Å². The summed E-state index contributed by atoms with van der Waals surface area (Å²) in [4.78, 5) is 31.3. The van der Waals surface area contributed by atoms with Crippen molar-refractivity contribution in [2.45, 2.75) is 19.4 Å². The first-order chi connectivity index (χ1) is 8.49. The van der Waals surface area contributed by atoms with Crippen molar-refractivity contribution in [2.24, 2.45) is 0 Å². The number of nitrogens with one attached hydrogen (secondary N) is 1. The van der Waals surface area contributed by atoms with Gasteiger partial charge in [0.15, 0.2) is 0 Å². The first-order valence-corrected chi connectivity index (χ1v) is 5.14. The van der Waals surface area contributed by atoms with E-state index in [1.165, 1.54) is 0 Å². The highest BCUT2D eigenvalue weighted by atomic mass is 16.6. The first-order valence-electron chi connectivity index (χ1n) is 5.14. The lowest BCUT2D eigenvalue weighted by atomic mass is 10.3. The number of nitro groups is 1. The molecular weight excluding hydrogens is 244 g/mol. The summed E-state index contributed by atoms with van der Waals surface area (Å²) in [5, 5.41) is 24.9. The van der Waals surface area contributed by atoms with Crippen LogP contribution in [0, 0.1) is 10.1 Å².